The number of hydrogen-bond donors (Lipinski definition) is 0. The summed E-state index contributed by atoms with van der Waals surface area (Å²) < 4.78 is 17.8. The summed E-state index contributed by atoms with van der Waals surface area (Å²) in [4.78, 5) is 15.5. The molecule has 3 fully saturated rings. The molecule has 31 heavy (non-hydrogen) atoms. The van der Waals surface area contributed by atoms with Gasteiger partial charge in [0, 0.05) is 32.0 Å². The summed E-state index contributed by atoms with van der Waals surface area (Å²) in [6.07, 6.45) is 3.69. The molecule has 0 radical (unpaired) electrons. The fourth-order valence-corrected chi connectivity index (χ4v) is 5.60. The highest BCUT2D eigenvalue weighted by atomic mass is 16.7. The van der Waals surface area contributed by atoms with Gasteiger partial charge >= 0.3 is 5.97 Å². The van der Waals surface area contributed by atoms with Crippen molar-refractivity contribution in [3.05, 3.63) is 71.8 Å². The van der Waals surface area contributed by atoms with Crippen LogP contribution in [0.25, 0.3) is 0 Å². The molecule has 1 spiro atoms. The summed E-state index contributed by atoms with van der Waals surface area (Å²) in [6, 6.07) is 20.9. The van der Waals surface area contributed by atoms with Crippen LogP contribution >= 0.6 is 0 Å². The second-order valence-corrected chi connectivity index (χ2v) is 9.12. The van der Waals surface area contributed by atoms with E-state index in [1.165, 1.54) is 5.56 Å². The van der Waals surface area contributed by atoms with E-state index in [-0.39, 0.29) is 11.9 Å². The monoisotopic (exact) mass is 421 g/mol. The summed E-state index contributed by atoms with van der Waals surface area (Å²) in [6.45, 7) is 3.29. The molecular weight excluding hydrogens is 390 g/mol. The van der Waals surface area contributed by atoms with Crippen molar-refractivity contribution >= 4 is 5.97 Å². The van der Waals surface area contributed by atoms with Crippen molar-refractivity contribution in [2.75, 3.05) is 19.8 Å². The summed E-state index contributed by atoms with van der Waals surface area (Å²) in [5, 5.41) is 0. The average molecular weight is 422 g/mol. The van der Waals surface area contributed by atoms with Crippen molar-refractivity contribution in [1.29, 1.82) is 0 Å². The first kappa shape index (κ1) is 20.7. The first-order valence-corrected chi connectivity index (χ1v) is 11.5. The summed E-state index contributed by atoms with van der Waals surface area (Å²) >= 11 is 0. The van der Waals surface area contributed by atoms with Gasteiger partial charge in [-0.05, 0) is 29.9 Å². The van der Waals surface area contributed by atoms with Gasteiger partial charge in [-0.15, -0.1) is 0 Å². The number of hydrogen-bond acceptors (Lipinski definition) is 5. The zero-order valence-corrected chi connectivity index (χ0v) is 17.9. The lowest BCUT2D eigenvalue weighted by molar-refractivity contribution is -0.205. The van der Waals surface area contributed by atoms with E-state index in [1.807, 2.05) is 36.4 Å². The minimum atomic E-state index is -0.435. The van der Waals surface area contributed by atoms with Gasteiger partial charge in [0.1, 0.15) is 6.61 Å². The fourth-order valence-electron chi connectivity index (χ4n) is 5.60. The molecule has 0 bridgehead atoms. The van der Waals surface area contributed by atoms with E-state index < -0.39 is 5.79 Å². The number of likely N-dealkylation sites (tertiary alicyclic amines) is 1. The van der Waals surface area contributed by atoms with Gasteiger partial charge in [-0.2, -0.15) is 0 Å². The molecule has 1 saturated carbocycles. The van der Waals surface area contributed by atoms with E-state index in [9.17, 15) is 4.79 Å². The highest BCUT2D eigenvalue weighted by Gasteiger charge is 2.50. The van der Waals surface area contributed by atoms with E-state index in [0.29, 0.717) is 31.8 Å². The van der Waals surface area contributed by atoms with Gasteiger partial charge in [-0.1, -0.05) is 60.7 Å². The lowest BCUT2D eigenvalue weighted by Crippen LogP contribution is -2.55. The lowest BCUT2D eigenvalue weighted by atomic mass is 9.72. The number of nitrogens with zero attached hydrogens (tertiary/aromatic N) is 1. The van der Waals surface area contributed by atoms with Crippen molar-refractivity contribution in [3.8, 4) is 0 Å². The van der Waals surface area contributed by atoms with Crippen molar-refractivity contribution in [1.82, 2.24) is 4.90 Å². The number of carbonyl (C=O) groups is 1. The molecule has 3 atom stereocenters. The van der Waals surface area contributed by atoms with E-state index in [1.54, 1.807) is 0 Å². The molecule has 2 heterocycles. The number of rotatable bonds is 5. The number of carbonyl (C=O) groups excluding carboxylic acids is 1. The molecule has 0 amide bonds. The molecule has 2 aliphatic heterocycles. The van der Waals surface area contributed by atoms with Gasteiger partial charge in [-0.3, -0.25) is 9.69 Å². The maximum atomic E-state index is 13.0. The minimum Gasteiger partial charge on any atom is -0.461 e. The molecule has 2 aromatic rings. The Morgan fingerprint density at radius 1 is 1.00 bits per heavy atom. The molecule has 3 aliphatic rings. The van der Waals surface area contributed by atoms with Crippen LogP contribution in [0.3, 0.4) is 0 Å². The summed E-state index contributed by atoms with van der Waals surface area (Å²) in [5.41, 5.74) is 2.31. The van der Waals surface area contributed by atoms with Crippen LogP contribution < -0.4 is 0 Å². The molecule has 1 unspecified atom stereocenters. The number of benzene rings is 2. The largest absolute Gasteiger partial charge is 0.461 e. The van der Waals surface area contributed by atoms with Gasteiger partial charge in [0.05, 0.1) is 19.1 Å². The smallest absolute Gasteiger partial charge is 0.310 e. The Morgan fingerprint density at radius 3 is 2.39 bits per heavy atom. The van der Waals surface area contributed by atoms with Crippen molar-refractivity contribution in [3.63, 3.8) is 0 Å². The number of piperidine rings is 1. The highest BCUT2D eigenvalue weighted by molar-refractivity contribution is 5.73. The van der Waals surface area contributed by atoms with Crippen LogP contribution in [-0.2, 0) is 32.2 Å². The molecule has 0 N–H and O–H groups in total. The number of fused-ring (bicyclic) bond motifs is 1. The normalized spacial score (nSPS) is 27.7. The molecule has 5 nitrogen and oxygen atoms in total. The van der Waals surface area contributed by atoms with Crippen molar-refractivity contribution < 1.29 is 19.0 Å². The molecule has 2 saturated heterocycles. The second kappa shape index (κ2) is 9.11. The Balaban J connectivity index is 1.30. The fraction of sp³-hybridized carbons (Fsp3) is 0.500. The minimum absolute atomic E-state index is 0.0896. The first-order chi connectivity index (χ1) is 15.2. The van der Waals surface area contributed by atoms with E-state index >= 15 is 0 Å². The average Bonchev–Trinajstić information content (AvgIpc) is 3.26. The predicted molar refractivity (Wildman–Crippen MR) is 117 cm³/mol. The van der Waals surface area contributed by atoms with Gasteiger partial charge in [0.2, 0.25) is 0 Å². The van der Waals surface area contributed by atoms with Crippen molar-refractivity contribution in [2.45, 2.75) is 50.7 Å². The number of esters is 1. The lowest BCUT2D eigenvalue weighted by Gasteiger charge is -2.50. The molecular formula is C26H31NO4. The molecule has 5 rings (SSSR count). The van der Waals surface area contributed by atoms with Crippen LogP contribution in [0.1, 0.15) is 36.8 Å². The Kier molecular flexibility index (Phi) is 6.08. The van der Waals surface area contributed by atoms with Crippen molar-refractivity contribution in [2.24, 2.45) is 11.8 Å². The maximum absolute atomic E-state index is 13.0. The Hall–Kier alpha value is -2.21. The third-order valence-corrected chi connectivity index (χ3v) is 7.05. The number of ether oxygens (including phenoxy) is 3. The van der Waals surface area contributed by atoms with Gasteiger partial charge in [-0.25, -0.2) is 0 Å². The van der Waals surface area contributed by atoms with Crippen LogP contribution in [0.2, 0.25) is 0 Å². The molecule has 164 valence electrons. The Bertz CT molecular complexity index is 865. The van der Waals surface area contributed by atoms with Crippen LogP contribution in [0.4, 0.5) is 0 Å². The molecule has 1 aliphatic carbocycles. The standard InChI is InChI=1S/C26H31NO4/c28-25(29-19-21-9-5-2-6-10-21)23-15-22-16-26(30-13-14-31-26)12-11-24(22)27(18-23)17-20-7-3-1-4-8-20/h1-10,22-24H,11-19H2/t22-,23+,24?/m1/s1. The van der Waals surface area contributed by atoms with E-state index in [4.69, 9.17) is 14.2 Å². The molecule has 0 aromatic heterocycles. The predicted octanol–water partition coefficient (Wildman–Crippen LogP) is 4.16. The van der Waals surface area contributed by atoms with Crippen LogP contribution in [-0.4, -0.2) is 42.5 Å². The van der Waals surface area contributed by atoms with E-state index in [2.05, 4.69) is 29.2 Å². The van der Waals surface area contributed by atoms with Crippen LogP contribution in [0.5, 0.6) is 0 Å². The zero-order chi connectivity index (χ0) is 21.1. The maximum Gasteiger partial charge on any atom is 0.310 e. The van der Waals surface area contributed by atoms with Crippen LogP contribution in [0.15, 0.2) is 60.7 Å². The summed E-state index contributed by atoms with van der Waals surface area (Å²) in [5.74, 6) is -0.271. The van der Waals surface area contributed by atoms with Gasteiger partial charge in [0.25, 0.3) is 0 Å². The highest BCUT2D eigenvalue weighted by Crippen LogP contribution is 2.45. The Morgan fingerprint density at radius 2 is 1.68 bits per heavy atom. The Labute approximate surface area is 184 Å². The molecule has 2 aromatic carbocycles. The first-order valence-electron chi connectivity index (χ1n) is 11.5. The van der Waals surface area contributed by atoms with Crippen LogP contribution in [0, 0.1) is 11.8 Å². The SMILES string of the molecule is O=C(OCc1ccccc1)[C@H]1C[C@@H]2CC3(CCC2N(Cc2ccccc2)C1)OCCO3. The topological polar surface area (TPSA) is 48.0 Å². The van der Waals surface area contributed by atoms with E-state index in [0.717, 1.165) is 44.3 Å². The second-order valence-electron chi connectivity index (χ2n) is 9.12. The summed E-state index contributed by atoms with van der Waals surface area (Å²) in [7, 11) is 0. The zero-order valence-electron chi connectivity index (χ0n) is 17.9. The molecule has 5 heteroatoms. The third-order valence-electron chi connectivity index (χ3n) is 7.05. The third kappa shape index (κ3) is 4.69. The van der Waals surface area contributed by atoms with Gasteiger partial charge in [0.15, 0.2) is 5.79 Å². The quantitative estimate of drug-likeness (QED) is 0.679. The van der Waals surface area contributed by atoms with Gasteiger partial charge < -0.3 is 14.2 Å².